The van der Waals surface area contributed by atoms with Gasteiger partial charge in [0.15, 0.2) is 0 Å². The van der Waals surface area contributed by atoms with Crippen LogP contribution in [0.5, 0.6) is 0 Å². The van der Waals surface area contributed by atoms with E-state index in [1.807, 2.05) is 6.20 Å². The highest BCUT2D eigenvalue weighted by Crippen LogP contribution is 2.22. The number of hydrogen-bond donors (Lipinski definition) is 0. The Morgan fingerprint density at radius 1 is 1.13 bits per heavy atom. The molecule has 2 heteroatoms. The summed E-state index contributed by atoms with van der Waals surface area (Å²) in [7, 11) is 0. The minimum absolute atomic E-state index is 1.03. The van der Waals surface area contributed by atoms with Crippen LogP contribution in [0.15, 0.2) is 41.0 Å². The summed E-state index contributed by atoms with van der Waals surface area (Å²) >= 11 is 3.45. The van der Waals surface area contributed by atoms with E-state index >= 15 is 0 Å². The first-order valence-corrected chi connectivity index (χ1v) is 5.65. The molecule has 0 fully saturated rings. The third-order valence-electron chi connectivity index (χ3n) is 2.36. The summed E-state index contributed by atoms with van der Waals surface area (Å²) in [4.78, 5) is 4.40. The zero-order valence-corrected chi connectivity index (χ0v) is 10.4. The van der Waals surface area contributed by atoms with Gasteiger partial charge < -0.3 is 0 Å². The Labute approximate surface area is 98.3 Å². The van der Waals surface area contributed by atoms with Gasteiger partial charge in [0.25, 0.3) is 0 Å². The molecule has 0 bridgehead atoms. The van der Waals surface area contributed by atoms with E-state index < -0.39 is 0 Å². The molecule has 1 aromatic heterocycles. The SMILES string of the molecule is Cc1cccc(-c2cc(C)c(Br)cn2)c1. The van der Waals surface area contributed by atoms with Crippen molar-refractivity contribution in [3.05, 3.63) is 52.1 Å². The highest BCUT2D eigenvalue weighted by Gasteiger charge is 2.01. The van der Waals surface area contributed by atoms with Gasteiger partial charge in [-0.2, -0.15) is 0 Å². The Balaban J connectivity index is 2.50. The zero-order chi connectivity index (χ0) is 10.8. The number of benzene rings is 1. The van der Waals surface area contributed by atoms with E-state index in [0.717, 1.165) is 10.2 Å². The average molecular weight is 262 g/mol. The third kappa shape index (κ3) is 2.26. The fraction of sp³-hybridized carbons (Fsp3) is 0.154. The van der Waals surface area contributed by atoms with Crippen LogP contribution in [0.2, 0.25) is 0 Å². The highest BCUT2D eigenvalue weighted by atomic mass is 79.9. The Morgan fingerprint density at radius 2 is 1.93 bits per heavy atom. The van der Waals surface area contributed by atoms with E-state index in [-0.39, 0.29) is 0 Å². The minimum Gasteiger partial charge on any atom is -0.255 e. The minimum atomic E-state index is 1.03. The smallest absolute Gasteiger partial charge is 0.0705 e. The molecule has 0 unspecified atom stereocenters. The lowest BCUT2D eigenvalue weighted by atomic mass is 10.1. The first-order valence-electron chi connectivity index (χ1n) is 4.86. The summed E-state index contributed by atoms with van der Waals surface area (Å²) < 4.78 is 1.05. The van der Waals surface area contributed by atoms with Crippen LogP contribution in [0.3, 0.4) is 0 Å². The summed E-state index contributed by atoms with van der Waals surface area (Å²) in [6.07, 6.45) is 1.85. The lowest BCUT2D eigenvalue weighted by Gasteiger charge is -2.04. The predicted octanol–water partition coefficient (Wildman–Crippen LogP) is 4.13. The molecule has 2 aromatic rings. The van der Waals surface area contributed by atoms with Crippen molar-refractivity contribution >= 4 is 15.9 Å². The number of halogens is 1. The van der Waals surface area contributed by atoms with Gasteiger partial charge in [-0.05, 0) is 47.5 Å². The molecular formula is C13H12BrN. The van der Waals surface area contributed by atoms with Crippen molar-refractivity contribution in [2.45, 2.75) is 13.8 Å². The second-order valence-corrected chi connectivity index (χ2v) is 4.54. The quantitative estimate of drug-likeness (QED) is 0.753. The van der Waals surface area contributed by atoms with Crippen molar-refractivity contribution < 1.29 is 0 Å². The van der Waals surface area contributed by atoms with E-state index in [4.69, 9.17) is 0 Å². The van der Waals surface area contributed by atoms with Crippen molar-refractivity contribution in [3.63, 3.8) is 0 Å². The molecule has 0 aliphatic rings. The van der Waals surface area contributed by atoms with Gasteiger partial charge in [0.05, 0.1) is 5.69 Å². The summed E-state index contributed by atoms with van der Waals surface area (Å²) in [6, 6.07) is 10.5. The van der Waals surface area contributed by atoms with Gasteiger partial charge in [0.1, 0.15) is 0 Å². The van der Waals surface area contributed by atoms with Gasteiger partial charge in [-0.25, -0.2) is 0 Å². The first-order chi connectivity index (χ1) is 7.16. The third-order valence-corrected chi connectivity index (χ3v) is 3.19. The van der Waals surface area contributed by atoms with E-state index in [9.17, 15) is 0 Å². The largest absolute Gasteiger partial charge is 0.255 e. The standard InChI is InChI=1S/C13H12BrN/c1-9-4-3-5-11(6-9)13-7-10(2)12(14)8-15-13/h3-8H,1-2H3. The second kappa shape index (κ2) is 4.15. The fourth-order valence-electron chi connectivity index (χ4n) is 1.50. The Hall–Kier alpha value is -1.15. The van der Waals surface area contributed by atoms with Gasteiger partial charge in [-0.15, -0.1) is 0 Å². The molecule has 0 saturated carbocycles. The van der Waals surface area contributed by atoms with Crippen molar-refractivity contribution in [1.82, 2.24) is 4.98 Å². The summed E-state index contributed by atoms with van der Waals surface area (Å²) in [5.74, 6) is 0. The second-order valence-electron chi connectivity index (χ2n) is 3.69. The average Bonchev–Trinajstić information content (AvgIpc) is 2.22. The van der Waals surface area contributed by atoms with Crippen molar-refractivity contribution in [1.29, 1.82) is 0 Å². The molecule has 15 heavy (non-hydrogen) atoms. The van der Waals surface area contributed by atoms with E-state index in [0.29, 0.717) is 0 Å². The fourth-order valence-corrected chi connectivity index (χ4v) is 1.72. The Bertz CT molecular complexity index is 492. The molecule has 0 atom stereocenters. The van der Waals surface area contributed by atoms with Crippen LogP contribution in [0.1, 0.15) is 11.1 Å². The molecule has 0 saturated heterocycles. The first kappa shape index (κ1) is 10.4. The number of rotatable bonds is 1. The summed E-state index contributed by atoms with van der Waals surface area (Å²) in [6.45, 7) is 4.17. The molecule has 0 aliphatic heterocycles. The van der Waals surface area contributed by atoms with Crippen LogP contribution in [0.25, 0.3) is 11.3 Å². The molecule has 1 aromatic carbocycles. The van der Waals surface area contributed by atoms with Crippen LogP contribution in [-0.2, 0) is 0 Å². The molecule has 0 N–H and O–H groups in total. The van der Waals surface area contributed by atoms with Crippen molar-refractivity contribution in [2.24, 2.45) is 0 Å². The molecule has 0 radical (unpaired) electrons. The number of aryl methyl sites for hydroxylation is 2. The maximum atomic E-state index is 4.40. The number of nitrogens with zero attached hydrogens (tertiary/aromatic N) is 1. The molecule has 0 amide bonds. The monoisotopic (exact) mass is 261 g/mol. The molecule has 76 valence electrons. The van der Waals surface area contributed by atoms with Crippen LogP contribution < -0.4 is 0 Å². The van der Waals surface area contributed by atoms with Gasteiger partial charge in [-0.1, -0.05) is 23.8 Å². The van der Waals surface area contributed by atoms with Gasteiger partial charge >= 0.3 is 0 Å². The Kier molecular flexibility index (Phi) is 2.87. The number of aromatic nitrogens is 1. The van der Waals surface area contributed by atoms with Gasteiger partial charge in [0, 0.05) is 16.2 Å². The molecule has 0 spiro atoms. The van der Waals surface area contributed by atoms with E-state index in [1.165, 1.54) is 16.7 Å². The molecule has 1 nitrogen and oxygen atoms in total. The summed E-state index contributed by atoms with van der Waals surface area (Å²) in [5.41, 5.74) is 4.67. The maximum Gasteiger partial charge on any atom is 0.0705 e. The lowest BCUT2D eigenvalue weighted by molar-refractivity contribution is 1.26. The molecule has 0 aliphatic carbocycles. The van der Waals surface area contributed by atoms with Gasteiger partial charge in [0.2, 0.25) is 0 Å². The van der Waals surface area contributed by atoms with Crippen LogP contribution in [0.4, 0.5) is 0 Å². The van der Waals surface area contributed by atoms with E-state index in [1.54, 1.807) is 0 Å². The molecule has 2 rings (SSSR count). The number of pyridine rings is 1. The molecular weight excluding hydrogens is 250 g/mol. The van der Waals surface area contributed by atoms with Crippen LogP contribution in [0, 0.1) is 13.8 Å². The Morgan fingerprint density at radius 3 is 2.60 bits per heavy atom. The summed E-state index contributed by atoms with van der Waals surface area (Å²) in [5, 5.41) is 0. The van der Waals surface area contributed by atoms with E-state index in [2.05, 4.69) is 65.1 Å². The predicted molar refractivity (Wildman–Crippen MR) is 66.8 cm³/mol. The normalized spacial score (nSPS) is 10.3. The van der Waals surface area contributed by atoms with Crippen molar-refractivity contribution in [2.75, 3.05) is 0 Å². The maximum absolute atomic E-state index is 4.40. The van der Waals surface area contributed by atoms with Crippen molar-refractivity contribution in [3.8, 4) is 11.3 Å². The molecule has 1 heterocycles. The van der Waals surface area contributed by atoms with Gasteiger partial charge in [-0.3, -0.25) is 4.98 Å². The highest BCUT2D eigenvalue weighted by molar-refractivity contribution is 9.10. The van der Waals surface area contributed by atoms with Crippen LogP contribution in [-0.4, -0.2) is 4.98 Å². The van der Waals surface area contributed by atoms with Crippen LogP contribution >= 0.6 is 15.9 Å². The number of hydrogen-bond acceptors (Lipinski definition) is 1. The lowest BCUT2D eigenvalue weighted by Crippen LogP contribution is -1.86. The zero-order valence-electron chi connectivity index (χ0n) is 8.79. The topological polar surface area (TPSA) is 12.9 Å².